The predicted octanol–water partition coefficient (Wildman–Crippen LogP) is 4.14. The molecule has 1 saturated heterocycles. The number of guanidine groups is 1. The van der Waals surface area contributed by atoms with E-state index >= 15 is 0 Å². The minimum atomic E-state index is 0. The van der Waals surface area contributed by atoms with Gasteiger partial charge in [0.25, 0.3) is 0 Å². The van der Waals surface area contributed by atoms with Crippen LogP contribution in [0.15, 0.2) is 29.5 Å². The number of aryl methyl sites for hydroxylation is 1. The van der Waals surface area contributed by atoms with E-state index in [0.717, 1.165) is 54.9 Å². The standard InChI is InChI=1S/C21H32N6S.HI/c1-3-22-21(23-11-10-20-25-14-17(2)28-20)26-16-18-8-9-19(24-15-18)27-12-6-4-5-7-13-27;/h8-9,14-15H,3-7,10-13,16H2,1-2H3,(H2,22,23,26);1H. The number of thiazole rings is 1. The predicted molar refractivity (Wildman–Crippen MR) is 134 cm³/mol. The van der Waals surface area contributed by atoms with Gasteiger partial charge in [0, 0.05) is 49.9 Å². The molecule has 0 saturated carbocycles. The fourth-order valence-electron chi connectivity index (χ4n) is 3.31. The van der Waals surface area contributed by atoms with Crippen LogP contribution >= 0.6 is 35.3 Å². The SMILES string of the molecule is CCNC(=NCc1ccc(N2CCCCCC2)nc1)NCCc1ncc(C)s1.I. The van der Waals surface area contributed by atoms with Crippen LogP contribution in [-0.4, -0.2) is 42.1 Å². The van der Waals surface area contributed by atoms with Gasteiger partial charge in [0.1, 0.15) is 5.82 Å². The average Bonchev–Trinajstić information content (AvgIpc) is 2.95. The largest absolute Gasteiger partial charge is 0.357 e. The summed E-state index contributed by atoms with van der Waals surface area (Å²) in [4.78, 5) is 17.5. The molecule has 2 aromatic rings. The molecule has 0 spiro atoms. The quantitative estimate of drug-likeness (QED) is 0.321. The molecular formula is C21H33IN6S. The Kier molecular flexibility index (Phi) is 10.7. The van der Waals surface area contributed by atoms with Crippen molar-refractivity contribution in [3.05, 3.63) is 40.0 Å². The number of aliphatic imine (C=N–C) groups is 1. The van der Waals surface area contributed by atoms with Crippen molar-refractivity contribution in [3.8, 4) is 0 Å². The third-order valence-corrected chi connectivity index (χ3v) is 5.78. The minimum absolute atomic E-state index is 0. The van der Waals surface area contributed by atoms with Crippen molar-refractivity contribution in [2.24, 2.45) is 4.99 Å². The zero-order valence-electron chi connectivity index (χ0n) is 17.5. The molecule has 2 N–H and O–H groups in total. The first-order chi connectivity index (χ1) is 13.7. The average molecular weight is 529 g/mol. The van der Waals surface area contributed by atoms with Gasteiger partial charge < -0.3 is 15.5 Å². The van der Waals surface area contributed by atoms with E-state index in [-0.39, 0.29) is 24.0 Å². The smallest absolute Gasteiger partial charge is 0.191 e. The molecule has 0 aromatic carbocycles. The monoisotopic (exact) mass is 528 g/mol. The zero-order valence-corrected chi connectivity index (χ0v) is 20.6. The number of halogens is 1. The van der Waals surface area contributed by atoms with Gasteiger partial charge in [0.05, 0.1) is 11.6 Å². The molecule has 3 heterocycles. The molecule has 29 heavy (non-hydrogen) atoms. The van der Waals surface area contributed by atoms with E-state index in [2.05, 4.69) is 51.5 Å². The van der Waals surface area contributed by atoms with Crippen molar-refractivity contribution in [1.82, 2.24) is 20.6 Å². The number of nitrogens with zero attached hydrogens (tertiary/aromatic N) is 4. The molecule has 3 rings (SSSR count). The molecule has 1 aliphatic rings. The van der Waals surface area contributed by atoms with Crippen LogP contribution in [0.5, 0.6) is 0 Å². The summed E-state index contributed by atoms with van der Waals surface area (Å²) in [6, 6.07) is 4.29. The Bertz CT molecular complexity index is 738. The van der Waals surface area contributed by atoms with Crippen molar-refractivity contribution in [2.75, 3.05) is 31.1 Å². The van der Waals surface area contributed by atoms with E-state index in [4.69, 9.17) is 4.99 Å². The summed E-state index contributed by atoms with van der Waals surface area (Å²) >= 11 is 1.75. The Labute approximate surface area is 195 Å². The summed E-state index contributed by atoms with van der Waals surface area (Å²) in [6.45, 7) is 8.71. The number of hydrogen-bond donors (Lipinski definition) is 2. The number of pyridine rings is 1. The molecule has 0 radical (unpaired) electrons. The van der Waals surface area contributed by atoms with Crippen LogP contribution in [0.4, 0.5) is 5.82 Å². The zero-order chi connectivity index (χ0) is 19.6. The first-order valence-corrected chi connectivity index (χ1v) is 11.2. The Morgan fingerprint density at radius 2 is 1.90 bits per heavy atom. The van der Waals surface area contributed by atoms with E-state index in [1.807, 2.05) is 12.4 Å². The van der Waals surface area contributed by atoms with Gasteiger partial charge in [-0.3, -0.25) is 0 Å². The van der Waals surface area contributed by atoms with Gasteiger partial charge in [0.2, 0.25) is 0 Å². The first kappa shape index (κ1) is 23.9. The van der Waals surface area contributed by atoms with Crippen LogP contribution in [-0.2, 0) is 13.0 Å². The molecule has 6 nitrogen and oxygen atoms in total. The van der Waals surface area contributed by atoms with E-state index in [0.29, 0.717) is 6.54 Å². The lowest BCUT2D eigenvalue weighted by Gasteiger charge is -2.21. The summed E-state index contributed by atoms with van der Waals surface area (Å²) in [5, 5.41) is 7.86. The molecule has 1 fully saturated rings. The summed E-state index contributed by atoms with van der Waals surface area (Å²) < 4.78 is 0. The normalized spacial score (nSPS) is 14.8. The fraction of sp³-hybridized carbons (Fsp3) is 0.571. The van der Waals surface area contributed by atoms with E-state index in [9.17, 15) is 0 Å². The molecular weight excluding hydrogens is 495 g/mol. The summed E-state index contributed by atoms with van der Waals surface area (Å²) in [7, 11) is 0. The maximum Gasteiger partial charge on any atom is 0.191 e. The van der Waals surface area contributed by atoms with Crippen molar-refractivity contribution in [3.63, 3.8) is 0 Å². The molecule has 0 bridgehead atoms. The molecule has 0 atom stereocenters. The van der Waals surface area contributed by atoms with Crippen LogP contribution in [0.2, 0.25) is 0 Å². The summed E-state index contributed by atoms with van der Waals surface area (Å²) in [6.07, 6.45) is 10.0. The summed E-state index contributed by atoms with van der Waals surface area (Å²) in [5.74, 6) is 1.94. The van der Waals surface area contributed by atoms with Crippen LogP contribution in [0.25, 0.3) is 0 Å². The van der Waals surface area contributed by atoms with Crippen molar-refractivity contribution >= 4 is 47.1 Å². The van der Waals surface area contributed by atoms with Gasteiger partial charge in [-0.1, -0.05) is 18.9 Å². The Morgan fingerprint density at radius 1 is 1.10 bits per heavy atom. The molecule has 0 amide bonds. The van der Waals surface area contributed by atoms with Gasteiger partial charge in [-0.15, -0.1) is 35.3 Å². The minimum Gasteiger partial charge on any atom is -0.357 e. The molecule has 0 unspecified atom stereocenters. The number of rotatable bonds is 7. The number of hydrogen-bond acceptors (Lipinski definition) is 5. The lowest BCUT2D eigenvalue weighted by atomic mass is 10.2. The highest BCUT2D eigenvalue weighted by Gasteiger charge is 2.10. The van der Waals surface area contributed by atoms with Gasteiger partial charge in [-0.25, -0.2) is 15.0 Å². The highest BCUT2D eigenvalue weighted by Crippen LogP contribution is 2.17. The van der Waals surface area contributed by atoms with Crippen molar-refractivity contribution in [1.29, 1.82) is 0 Å². The highest BCUT2D eigenvalue weighted by molar-refractivity contribution is 14.0. The summed E-state index contributed by atoms with van der Waals surface area (Å²) in [5.41, 5.74) is 1.13. The van der Waals surface area contributed by atoms with Gasteiger partial charge in [-0.2, -0.15) is 0 Å². The molecule has 8 heteroatoms. The maximum absolute atomic E-state index is 4.70. The second-order valence-electron chi connectivity index (χ2n) is 7.16. The molecule has 160 valence electrons. The van der Waals surface area contributed by atoms with Crippen molar-refractivity contribution < 1.29 is 0 Å². The van der Waals surface area contributed by atoms with Crippen molar-refractivity contribution in [2.45, 2.75) is 52.5 Å². The topological polar surface area (TPSA) is 65.4 Å². The van der Waals surface area contributed by atoms with E-state index in [1.54, 1.807) is 11.3 Å². The third-order valence-electron chi connectivity index (χ3n) is 4.80. The first-order valence-electron chi connectivity index (χ1n) is 10.4. The Balaban J connectivity index is 0.00000300. The lowest BCUT2D eigenvalue weighted by Crippen LogP contribution is -2.38. The molecule has 1 aliphatic heterocycles. The Hall–Kier alpha value is -1.42. The maximum atomic E-state index is 4.70. The van der Waals surface area contributed by atoms with E-state index in [1.165, 1.54) is 30.6 Å². The second kappa shape index (κ2) is 13.0. The second-order valence-corrected chi connectivity index (χ2v) is 8.48. The van der Waals surface area contributed by atoms with E-state index < -0.39 is 0 Å². The molecule has 2 aromatic heterocycles. The van der Waals surface area contributed by atoms with Gasteiger partial charge in [0.15, 0.2) is 5.96 Å². The number of anilines is 1. The number of nitrogens with one attached hydrogen (secondary N) is 2. The van der Waals surface area contributed by atoms with Crippen LogP contribution < -0.4 is 15.5 Å². The third kappa shape index (κ3) is 8.08. The highest BCUT2D eigenvalue weighted by atomic mass is 127. The molecule has 0 aliphatic carbocycles. The Morgan fingerprint density at radius 3 is 2.52 bits per heavy atom. The lowest BCUT2D eigenvalue weighted by molar-refractivity contribution is 0.726. The van der Waals surface area contributed by atoms with Gasteiger partial charge in [-0.05, 0) is 38.3 Å². The number of aromatic nitrogens is 2. The van der Waals surface area contributed by atoms with Crippen LogP contribution in [0.1, 0.15) is 48.1 Å². The van der Waals surface area contributed by atoms with Gasteiger partial charge >= 0.3 is 0 Å². The van der Waals surface area contributed by atoms with Crippen LogP contribution in [0.3, 0.4) is 0 Å². The fourth-order valence-corrected chi connectivity index (χ4v) is 4.10. The van der Waals surface area contributed by atoms with Crippen LogP contribution in [0, 0.1) is 6.92 Å².